The first-order chi connectivity index (χ1) is 12.0. The van der Waals surface area contributed by atoms with Gasteiger partial charge in [0.1, 0.15) is 0 Å². The van der Waals surface area contributed by atoms with Crippen molar-refractivity contribution in [1.29, 1.82) is 0 Å². The number of aryl methyl sites for hydroxylation is 2. The summed E-state index contributed by atoms with van der Waals surface area (Å²) in [5.74, 6) is 0.208. The van der Waals surface area contributed by atoms with Crippen molar-refractivity contribution in [2.75, 3.05) is 14.2 Å². The molecule has 0 spiro atoms. The summed E-state index contributed by atoms with van der Waals surface area (Å²) >= 11 is 0. The molecule has 0 unspecified atom stereocenters. The highest BCUT2D eigenvalue weighted by Crippen LogP contribution is 2.34. The summed E-state index contributed by atoms with van der Waals surface area (Å²) in [7, 11) is 3.13. The summed E-state index contributed by atoms with van der Waals surface area (Å²) < 4.78 is 10.6. The Morgan fingerprint density at radius 1 is 0.960 bits per heavy atom. The monoisotopic (exact) mass is 337 g/mol. The third-order valence-corrected chi connectivity index (χ3v) is 4.28. The van der Waals surface area contributed by atoms with E-state index in [-0.39, 0.29) is 5.56 Å². The van der Waals surface area contributed by atoms with Gasteiger partial charge in [0, 0.05) is 10.9 Å². The zero-order chi connectivity index (χ0) is 18.1. The summed E-state index contributed by atoms with van der Waals surface area (Å²) in [5.41, 5.74) is 4.12. The van der Waals surface area contributed by atoms with Gasteiger partial charge >= 0.3 is 5.97 Å². The van der Waals surface area contributed by atoms with Crippen LogP contribution in [-0.2, 0) is 0 Å². The number of ether oxygens (including phenoxy) is 2. The van der Waals surface area contributed by atoms with Crippen LogP contribution >= 0.6 is 0 Å². The van der Waals surface area contributed by atoms with E-state index in [0.29, 0.717) is 28.1 Å². The van der Waals surface area contributed by atoms with Crippen LogP contribution in [0.2, 0.25) is 0 Å². The Bertz CT molecular complexity index is 979. The van der Waals surface area contributed by atoms with Crippen molar-refractivity contribution in [3.8, 4) is 22.8 Å². The van der Waals surface area contributed by atoms with Gasteiger partial charge in [-0.15, -0.1) is 0 Å². The predicted octanol–water partition coefficient (Wildman–Crippen LogP) is 4.23. The first kappa shape index (κ1) is 16.8. The molecule has 5 heteroatoms. The number of carboxylic acids is 1. The van der Waals surface area contributed by atoms with Crippen LogP contribution in [0.5, 0.6) is 11.5 Å². The highest BCUT2D eigenvalue weighted by atomic mass is 16.5. The third kappa shape index (κ3) is 2.89. The van der Waals surface area contributed by atoms with Crippen LogP contribution in [0.3, 0.4) is 0 Å². The van der Waals surface area contributed by atoms with E-state index in [1.165, 1.54) is 0 Å². The van der Waals surface area contributed by atoms with Crippen molar-refractivity contribution in [3.63, 3.8) is 0 Å². The van der Waals surface area contributed by atoms with Gasteiger partial charge in [-0.05, 0) is 49.2 Å². The molecular formula is C20H19NO4. The lowest BCUT2D eigenvalue weighted by Crippen LogP contribution is -2.03. The van der Waals surface area contributed by atoms with Crippen molar-refractivity contribution in [2.45, 2.75) is 13.8 Å². The van der Waals surface area contributed by atoms with Crippen LogP contribution in [-0.4, -0.2) is 30.3 Å². The summed E-state index contributed by atoms with van der Waals surface area (Å²) in [6.07, 6.45) is 0. The number of aromatic nitrogens is 1. The van der Waals surface area contributed by atoms with Crippen molar-refractivity contribution >= 4 is 16.9 Å². The predicted molar refractivity (Wildman–Crippen MR) is 96.7 cm³/mol. The molecule has 0 bridgehead atoms. The summed E-state index contributed by atoms with van der Waals surface area (Å²) in [6, 6.07) is 10.9. The Morgan fingerprint density at radius 2 is 1.64 bits per heavy atom. The Balaban J connectivity index is 2.31. The lowest BCUT2D eigenvalue weighted by Gasteiger charge is -2.13. The fourth-order valence-corrected chi connectivity index (χ4v) is 2.95. The molecule has 3 rings (SSSR count). The zero-order valence-corrected chi connectivity index (χ0v) is 14.6. The van der Waals surface area contributed by atoms with Gasteiger partial charge in [-0.3, -0.25) is 0 Å². The maximum atomic E-state index is 11.8. The van der Waals surface area contributed by atoms with E-state index in [9.17, 15) is 9.90 Å². The molecule has 0 amide bonds. The van der Waals surface area contributed by atoms with Gasteiger partial charge in [-0.2, -0.15) is 0 Å². The van der Waals surface area contributed by atoms with Crippen LogP contribution in [0, 0.1) is 13.8 Å². The van der Waals surface area contributed by atoms with E-state index >= 15 is 0 Å². The van der Waals surface area contributed by atoms with Gasteiger partial charge in [0.2, 0.25) is 0 Å². The molecule has 0 aliphatic rings. The molecule has 0 atom stereocenters. The Labute approximate surface area is 145 Å². The Morgan fingerprint density at radius 3 is 2.28 bits per heavy atom. The van der Waals surface area contributed by atoms with E-state index in [1.807, 2.05) is 32.0 Å². The Hall–Kier alpha value is -3.08. The molecule has 1 heterocycles. The number of benzene rings is 2. The van der Waals surface area contributed by atoms with E-state index in [0.717, 1.165) is 16.7 Å². The van der Waals surface area contributed by atoms with Crippen molar-refractivity contribution in [1.82, 2.24) is 4.98 Å². The maximum Gasteiger partial charge on any atom is 0.336 e. The number of pyridine rings is 1. The maximum absolute atomic E-state index is 11.8. The quantitative estimate of drug-likeness (QED) is 0.771. The van der Waals surface area contributed by atoms with Crippen LogP contribution in [0.1, 0.15) is 21.5 Å². The lowest BCUT2D eigenvalue weighted by molar-refractivity contribution is 0.0699. The van der Waals surface area contributed by atoms with Crippen molar-refractivity contribution < 1.29 is 19.4 Å². The molecule has 1 N–H and O–H groups in total. The summed E-state index contributed by atoms with van der Waals surface area (Å²) in [6.45, 7) is 3.82. The SMILES string of the molecule is COc1ccc(-c2cc(C(=O)O)c3c(C)ccc(C)c3n2)cc1OC. The number of carboxylic acid groups (broad SMARTS) is 1. The fraction of sp³-hybridized carbons (Fsp3) is 0.200. The van der Waals surface area contributed by atoms with Crippen LogP contribution in [0.4, 0.5) is 0 Å². The average molecular weight is 337 g/mol. The molecule has 0 aliphatic heterocycles. The van der Waals surface area contributed by atoms with Crippen molar-refractivity contribution in [3.05, 3.63) is 53.1 Å². The minimum absolute atomic E-state index is 0.246. The van der Waals surface area contributed by atoms with Gasteiger partial charge in [-0.1, -0.05) is 12.1 Å². The van der Waals surface area contributed by atoms with Gasteiger partial charge in [-0.25, -0.2) is 9.78 Å². The standard InChI is InChI=1S/C20H19NO4/c1-11-5-6-12(2)19-18(11)14(20(22)23)10-15(21-19)13-7-8-16(24-3)17(9-13)25-4/h5-10H,1-4H3,(H,22,23). The molecule has 0 aliphatic carbocycles. The molecule has 3 aromatic rings. The van der Waals surface area contributed by atoms with Crippen LogP contribution in [0.25, 0.3) is 22.2 Å². The Kier molecular flexibility index (Phi) is 4.31. The van der Waals surface area contributed by atoms with E-state index in [1.54, 1.807) is 32.4 Å². The first-order valence-corrected chi connectivity index (χ1v) is 7.83. The minimum Gasteiger partial charge on any atom is -0.493 e. The van der Waals surface area contributed by atoms with Gasteiger partial charge in [0.25, 0.3) is 0 Å². The highest BCUT2D eigenvalue weighted by Gasteiger charge is 2.17. The molecule has 0 saturated heterocycles. The molecule has 0 saturated carbocycles. The zero-order valence-electron chi connectivity index (χ0n) is 14.6. The molecule has 0 radical (unpaired) electrons. The smallest absolute Gasteiger partial charge is 0.336 e. The summed E-state index contributed by atoms with van der Waals surface area (Å²) in [5, 5.41) is 10.4. The van der Waals surface area contributed by atoms with Crippen LogP contribution < -0.4 is 9.47 Å². The second-order valence-corrected chi connectivity index (χ2v) is 5.85. The van der Waals surface area contributed by atoms with E-state index in [4.69, 9.17) is 14.5 Å². The summed E-state index contributed by atoms with van der Waals surface area (Å²) in [4.78, 5) is 16.5. The van der Waals surface area contributed by atoms with Gasteiger partial charge in [0.15, 0.2) is 11.5 Å². The van der Waals surface area contributed by atoms with Crippen molar-refractivity contribution in [2.24, 2.45) is 0 Å². The number of aromatic carboxylic acids is 1. The number of fused-ring (bicyclic) bond motifs is 1. The molecule has 25 heavy (non-hydrogen) atoms. The minimum atomic E-state index is -0.970. The number of nitrogens with zero attached hydrogens (tertiary/aromatic N) is 1. The number of methoxy groups -OCH3 is 2. The second-order valence-electron chi connectivity index (χ2n) is 5.85. The number of rotatable bonds is 4. The number of hydrogen-bond acceptors (Lipinski definition) is 4. The highest BCUT2D eigenvalue weighted by molar-refractivity contribution is 6.05. The molecule has 1 aromatic heterocycles. The fourth-order valence-electron chi connectivity index (χ4n) is 2.95. The number of hydrogen-bond donors (Lipinski definition) is 1. The second kappa shape index (κ2) is 6.43. The van der Waals surface area contributed by atoms with E-state index < -0.39 is 5.97 Å². The normalized spacial score (nSPS) is 10.7. The average Bonchev–Trinajstić information content (AvgIpc) is 2.63. The first-order valence-electron chi connectivity index (χ1n) is 7.83. The largest absolute Gasteiger partial charge is 0.493 e. The molecule has 2 aromatic carbocycles. The lowest BCUT2D eigenvalue weighted by atomic mass is 9.98. The molecule has 0 fully saturated rings. The molecule has 5 nitrogen and oxygen atoms in total. The van der Waals surface area contributed by atoms with Gasteiger partial charge in [0.05, 0.1) is 31.0 Å². The van der Waals surface area contributed by atoms with Crippen LogP contribution in [0.15, 0.2) is 36.4 Å². The molecule has 128 valence electrons. The number of carbonyl (C=O) groups is 1. The third-order valence-electron chi connectivity index (χ3n) is 4.28. The molecular weight excluding hydrogens is 318 g/mol. The topological polar surface area (TPSA) is 68.7 Å². The van der Waals surface area contributed by atoms with E-state index in [2.05, 4.69) is 0 Å². The van der Waals surface area contributed by atoms with Gasteiger partial charge < -0.3 is 14.6 Å².